The number of nitrogens with one attached hydrogen (secondary N) is 2. The molecule has 2 N–H and O–H groups in total. The van der Waals surface area contributed by atoms with E-state index in [1.807, 2.05) is 0 Å². The Morgan fingerprint density at radius 2 is 1.81 bits per heavy atom. The summed E-state index contributed by atoms with van der Waals surface area (Å²) in [4.78, 5) is 11.2. The third-order valence-corrected chi connectivity index (χ3v) is 6.60. The number of benzene rings is 2. The summed E-state index contributed by atoms with van der Waals surface area (Å²) in [7, 11) is -3.90. The first-order valence-corrected chi connectivity index (χ1v) is 10.1. The van der Waals surface area contributed by atoms with Crippen molar-refractivity contribution in [2.24, 2.45) is 0 Å². The van der Waals surface area contributed by atoms with Gasteiger partial charge in [0.15, 0.2) is 0 Å². The molecular formula is C18H20Cl2N2O3S. The van der Waals surface area contributed by atoms with E-state index in [4.69, 9.17) is 23.2 Å². The molecule has 2 rings (SSSR count). The molecule has 0 heterocycles. The Bertz CT molecular complexity index is 933. The Balaban J connectivity index is 2.37. The number of carbonyl (C=O) groups is 1. The van der Waals surface area contributed by atoms with Gasteiger partial charge in [-0.2, -0.15) is 0 Å². The van der Waals surface area contributed by atoms with Gasteiger partial charge in [0.25, 0.3) is 0 Å². The van der Waals surface area contributed by atoms with Crippen molar-refractivity contribution in [2.45, 2.75) is 38.6 Å². The van der Waals surface area contributed by atoms with Crippen LogP contribution >= 0.6 is 23.2 Å². The molecule has 8 heteroatoms. The Morgan fingerprint density at radius 1 is 1.15 bits per heavy atom. The first-order chi connectivity index (χ1) is 12.0. The minimum Gasteiger partial charge on any atom is -0.326 e. The molecule has 2 aromatic rings. The van der Waals surface area contributed by atoms with Crippen LogP contribution in [0.1, 0.15) is 36.6 Å². The maximum atomic E-state index is 12.9. The van der Waals surface area contributed by atoms with Crippen LogP contribution in [0, 0.1) is 13.8 Å². The molecule has 1 unspecified atom stereocenters. The molecule has 0 aliphatic heterocycles. The third-order valence-electron chi connectivity index (χ3n) is 3.90. The second kappa shape index (κ2) is 7.96. The topological polar surface area (TPSA) is 75.3 Å². The minimum absolute atomic E-state index is 0.0194. The predicted molar refractivity (Wildman–Crippen MR) is 105 cm³/mol. The number of aryl methyl sites for hydroxylation is 1. The summed E-state index contributed by atoms with van der Waals surface area (Å²) < 4.78 is 28.4. The molecule has 0 saturated carbocycles. The highest BCUT2D eigenvalue weighted by Gasteiger charge is 2.26. The van der Waals surface area contributed by atoms with E-state index in [-0.39, 0.29) is 15.8 Å². The Hall–Kier alpha value is -1.60. The number of amides is 1. The van der Waals surface area contributed by atoms with Crippen molar-refractivity contribution < 1.29 is 13.2 Å². The summed E-state index contributed by atoms with van der Waals surface area (Å²) in [5.41, 5.74) is 2.28. The van der Waals surface area contributed by atoms with Crippen molar-refractivity contribution in [1.29, 1.82) is 0 Å². The molecule has 0 aliphatic rings. The Kier molecular flexibility index (Phi) is 6.34. The molecule has 0 fully saturated rings. The van der Waals surface area contributed by atoms with Crippen molar-refractivity contribution in [3.05, 3.63) is 57.1 Å². The summed E-state index contributed by atoms with van der Waals surface area (Å²) >= 11 is 12.4. The van der Waals surface area contributed by atoms with Gasteiger partial charge in [-0.15, -0.1) is 0 Å². The summed E-state index contributed by atoms with van der Waals surface area (Å²) in [6, 6.07) is 8.06. The second-order valence-corrected chi connectivity index (χ2v) is 8.53. The van der Waals surface area contributed by atoms with Gasteiger partial charge in [0, 0.05) is 23.7 Å². The van der Waals surface area contributed by atoms with Crippen LogP contribution in [0.3, 0.4) is 0 Å². The molecule has 5 nitrogen and oxygen atoms in total. The number of anilines is 1. The van der Waals surface area contributed by atoms with Crippen LogP contribution < -0.4 is 10.0 Å². The lowest BCUT2D eigenvalue weighted by atomic mass is 10.1. The molecule has 1 atom stereocenters. The van der Waals surface area contributed by atoms with Gasteiger partial charge >= 0.3 is 0 Å². The zero-order valence-corrected chi connectivity index (χ0v) is 17.2. The molecule has 0 bridgehead atoms. The van der Waals surface area contributed by atoms with Crippen molar-refractivity contribution in [3.63, 3.8) is 0 Å². The number of hydrogen-bond acceptors (Lipinski definition) is 3. The van der Waals surface area contributed by atoms with Gasteiger partial charge in [-0.3, -0.25) is 4.79 Å². The Morgan fingerprint density at radius 3 is 2.42 bits per heavy atom. The summed E-state index contributed by atoms with van der Waals surface area (Å²) in [5.74, 6) is -0.202. The monoisotopic (exact) mass is 414 g/mol. The van der Waals surface area contributed by atoms with E-state index in [9.17, 15) is 13.2 Å². The fourth-order valence-electron chi connectivity index (χ4n) is 2.58. The average Bonchev–Trinajstić information content (AvgIpc) is 2.52. The van der Waals surface area contributed by atoms with Gasteiger partial charge in [-0.05, 0) is 55.7 Å². The van der Waals surface area contributed by atoms with E-state index >= 15 is 0 Å². The van der Waals surface area contributed by atoms with Crippen LogP contribution in [0.4, 0.5) is 5.69 Å². The summed E-state index contributed by atoms with van der Waals surface area (Å²) in [6.45, 7) is 6.44. The molecular weight excluding hydrogens is 395 g/mol. The van der Waals surface area contributed by atoms with Crippen LogP contribution in [0.15, 0.2) is 35.2 Å². The van der Waals surface area contributed by atoms with Gasteiger partial charge < -0.3 is 5.32 Å². The third kappa shape index (κ3) is 4.57. The van der Waals surface area contributed by atoms with Gasteiger partial charge in [-0.25, -0.2) is 13.1 Å². The van der Waals surface area contributed by atoms with E-state index in [2.05, 4.69) is 10.0 Å². The first kappa shape index (κ1) is 20.7. The number of halogens is 2. The van der Waals surface area contributed by atoms with Crippen LogP contribution in [0.5, 0.6) is 0 Å². The largest absolute Gasteiger partial charge is 0.326 e. The number of hydrogen-bond donors (Lipinski definition) is 2. The lowest BCUT2D eigenvalue weighted by Crippen LogP contribution is -2.28. The normalized spacial score (nSPS) is 12.7. The highest BCUT2D eigenvalue weighted by Crippen LogP contribution is 2.34. The lowest BCUT2D eigenvalue weighted by molar-refractivity contribution is -0.114. The maximum absolute atomic E-state index is 12.9. The lowest BCUT2D eigenvalue weighted by Gasteiger charge is -2.19. The minimum atomic E-state index is -3.90. The van der Waals surface area contributed by atoms with E-state index in [1.54, 1.807) is 51.1 Å². The molecule has 0 spiro atoms. The maximum Gasteiger partial charge on any atom is 0.242 e. The zero-order chi connectivity index (χ0) is 19.6. The van der Waals surface area contributed by atoms with E-state index in [0.29, 0.717) is 27.4 Å². The van der Waals surface area contributed by atoms with Crippen molar-refractivity contribution in [3.8, 4) is 0 Å². The highest BCUT2D eigenvalue weighted by molar-refractivity contribution is 7.89. The van der Waals surface area contributed by atoms with E-state index in [0.717, 1.165) is 0 Å². The van der Waals surface area contributed by atoms with E-state index in [1.165, 1.54) is 6.92 Å². The summed E-state index contributed by atoms with van der Waals surface area (Å²) in [6.07, 6.45) is 0. The summed E-state index contributed by atoms with van der Waals surface area (Å²) in [5, 5.41) is 3.16. The number of sulfonamides is 1. The Labute approximate surface area is 163 Å². The van der Waals surface area contributed by atoms with Crippen molar-refractivity contribution >= 4 is 44.8 Å². The molecule has 0 saturated heterocycles. The SMILES string of the molecule is CC(=O)Nc1cccc(C(C)NS(=O)(=O)c2c(C)c(Cl)cc(C)c2Cl)c1. The van der Waals surface area contributed by atoms with Gasteiger partial charge in [-0.1, -0.05) is 35.3 Å². The fourth-order valence-corrected chi connectivity index (χ4v) is 5.03. The molecule has 2 aromatic carbocycles. The van der Waals surface area contributed by atoms with Gasteiger partial charge in [0.2, 0.25) is 15.9 Å². The molecule has 1 amide bonds. The second-order valence-electron chi connectivity index (χ2n) is 6.09. The molecule has 26 heavy (non-hydrogen) atoms. The van der Waals surface area contributed by atoms with Crippen molar-refractivity contribution in [2.75, 3.05) is 5.32 Å². The quantitative estimate of drug-likeness (QED) is 0.749. The fraction of sp³-hybridized carbons (Fsp3) is 0.278. The van der Waals surface area contributed by atoms with Crippen LogP contribution in [0.25, 0.3) is 0 Å². The van der Waals surface area contributed by atoms with Crippen LogP contribution in [-0.4, -0.2) is 14.3 Å². The molecule has 0 radical (unpaired) electrons. The van der Waals surface area contributed by atoms with E-state index < -0.39 is 16.1 Å². The first-order valence-electron chi connectivity index (χ1n) is 7.88. The standard InChI is InChI=1S/C18H20Cl2N2O3S/c1-10-8-16(19)11(2)18(17(10)20)26(24,25)22-12(3)14-6-5-7-15(9-14)21-13(4)23/h5-9,12,22H,1-4H3,(H,21,23). The number of rotatable bonds is 5. The number of carbonyl (C=O) groups excluding carboxylic acids is 1. The molecule has 0 aliphatic carbocycles. The molecule has 0 aromatic heterocycles. The van der Waals surface area contributed by atoms with Gasteiger partial charge in [0.1, 0.15) is 4.90 Å². The highest BCUT2D eigenvalue weighted by atomic mass is 35.5. The van der Waals surface area contributed by atoms with Crippen molar-refractivity contribution in [1.82, 2.24) is 4.72 Å². The van der Waals surface area contributed by atoms with Gasteiger partial charge in [0.05, 0.1) is 5.02 Å². The predicted octanol–water partition coefficient (Wildman–Crippen LogP) is 4.61. The molecule has 140 valence electrons. The van der Waals surface area contributed by atoms with Crippen LogP contribution in [0.2, 0.25) is 10.0 Å². The average molecular weight is 415 g/mol. The smallest absolute Gasteiger partial charge is 0.242 e. The van der Waals surface area contributed by atoms with Crippen LogP contribution in [-0.2, 0) is 14.8 Å². The zero-order valence-electron chi connectivity index (χ0n) is 14.9.